The first-order valence-corrected chi connectivity index (χ1v) is 9.31. The lowest BCUT2D eigenvalue weighted by Gasteiger charge is -2.39. The van der Waals surface area contributed by atoms with Gasteiger partial charge >= 0.3 is 12.5 Å². The van der Waals surface area contributed by atoms with E-state index in [1.165, 1.54) is 11.1 Å². The molecule has 6 nitrogen and oxygen atoms in total. The molecule has 1 aromatic heterocycles. The molecule has 0 atom stereocenters. The molecule has 2 amide bonds. The number of carbonyl (C=O) groups is 1. The van der Waals surface area contributed by atoms with Gasteiger partial charge in [-0.05, 0) is 49.1 Å². The number of urea groups is 1. The highest BCUT2D eigenvalue weighted by atomic mass is 19.3. The summed E-state index contributed by atoms with van der Waals surface area (Å²) in [5.74, 6) is -0.164. The van der Waals surface area contributed by atoms with Gasteiger partial charge in [0.15, 0.2) is 0 Å². The third-order valence-corrected chi connectivity index (χ3v) is 4.91. The fourth-order valence-corrected chi connectivity index (χ4v) is 3.27. The van der Waals surface area contributed by atoms with Crippen LogP contribution in [-0.2, 0) is 6.42 Å². The smallest absolute Gasteiger partial charge is 0.321 e. The maximum atomic E-state index is 12.5. The quantitative estimate of drug-likeness (QED) is 0.677. The first-order chi connectivity index (χ1) is 14.0. The number of halogens is 2. The molecule has 2 aromatic carbocycles. The Labute approximate surface area is 166 Å². The highest BCUT2D eigenvalue weighted by Crippen LogP contribution is 2.24. The second-order valence-corrected chi connectivity index (χ2v) is 7.23. The first kappa shape index (κ1) is 19.0. The van der Waals surface area contributed by atoms with E-state index in [0.29, 0.717) is 17.2 Å². The molecular weight excluding hydrogens is 378 g/mol. The first-order valence-electron chi connectivity index (χ1n) is 9.31. The fourth-order valence-electron chi connectivity index (χ4n) is 3.27. The fraction of sp³-hybridized carbons (Fsp3) is 0.286. The van der Waals surface area contributed by atoms with E-state index in [9.17, 15) is 13.6 Å². The number of alkyl halides is 2. The Morgan fingerprint density at radius 1 is 1.17 bits per heavy atom. The van der Waals surface area contributed by atoms with Gasteiger partial charge in [0.25, 0.3) is 5.89 Å². The molecule has 2 heterocycles. The van der Waals surface area contributed by atoms with E-state index in [4.69, 9.17) is 0 Å². The van der Waals surface area contributed by atoms with E-state index in [2.05, 4.69) is 51.2 Å². The van der Waals surface area contributed by atoms with Crippen molar-refractivity contribution in [3.8, 4) is 11.4 Å². The Bertz CT molecular complexity index is 981. The normalized spacial score (nSPS) is 14.1. The van der Waals surface area contributed by atoms with E-state index in [1.807, 2.05) is 0 Å². The molecule has 29 heavy (non-hydrogen) atoms. The van der Waals surface area contributed by atoms with Crippen molar-refractivity contribution in [1.82, 2.24) is 15.0 Å². The number of nitrogens with zero attached hydrogens (tertiary/aromatic N) is 3. The van der Waals surface area contributed by atoms with E-state index >= 15 is 0 Å². The lowest BCUT2D eigenvalue weighted by atomic mass is 9.92. The molecule has 8 heteroatoms. The minimum atomic E-state index is -2.80. The summed E-state index contributed by atoms with van der Waals surface area (Å²) in [6, 6.07) is 15.0. The third kappa shape index (κ3) is 4.42. The van der Waals surface area contributed by atoms with Crippen LogP contribution in [0.15, 0.2) is 53.1 Å². The second kappa shape index (κ2) is 7.98. The summed E-state index contributed by atoms with van der Waals surface area (Å²) in [7, 11) is 0. The molecule has 4 rings (SSSR count). The van der Waals surface area contributed by atoms with Crippen LogP contribution in [0.2, 0.25) is 0 Å². The average molecular weight is 398 g/mol. The van der Waals surface area contributed by atoms with Gasteiger partial charge in [-0.2, -0.15) is 13.8 Å². The van der Waals surface area contributed by atoms with E-state index in [1.54, 1.807) is 29.2 Å². The summed E-state index contributed by atoms with van der Waals surface area (Å²) in [6.07, 6.45) is -1.84. The Balaban J connectivity index is 1.28. The average Bonchev–Trinajstić information content (AvgIpc) is 3.17. The van der Waals surface area contributed by atoms with Crippen LogP contribution >= 0.6 is 0 Å². The van der Waals surface area contributed by atoms with Crippen LogP contribution in [-0.4, -0.2) is 34.2 Å². The monoisotopic (exact) mass is 398 g/mol. The van der Waals surface area contributed by atoms with Gasteiger partial charge in [0.05, 0.1) is 0 Å². The molecule has 0 saturated carbocycles. The number of rotatable bonds is 5. The summed E-state index contributed by atoms with van der Waals surface area (Å²) in [5.41, 5.74) is 3.66. The van der Waals surface area contributed by atoms with Gasteiger partial charge in [-0.25, -0.2) is 4.79 Å². The number of aryl methyl sites for hydroxylation is 1. The van der Waals surface area contributed by atoms with E-state index in [0.717, 1.165) is 19.5 Å². The summed E-state index contributed by atoms with van der Waals surface area (Å²) >= 11 is 0. The number of hydrogen-bond donors (Lipinski definition) is 1. The predicted octanol–water partition coefficient (Wildman–Crippen LogP) is 4.69. The number of nitrogens with one attached hydrogen (secondary N) is 1. The van der Waals surface area contributed by atoms with Gasteiger partial charge in [0.1, 0.15) is 0 Å². The van der Waals surface area contributed by atoms with Crippen molar-refractivity contribution < 1.29 is 18.1 Å². The number of hydrogen-bond acceptors (Lipinski definition) is 4. The zero-order valence-electron chi connectivity index (χ0n) is 15.8. The lowest BCUT2D eigenvalue weighted by Crippen LogP contribution is -2.52. The number of benzene rings is 2. The van der Waals surface area contributed by atoms with Gasteiger partial charge in [0, 0.05) is 24.3 Å². The molecule has 1 aliphatic heterocycles. The number of amides is 2. The van der Waals surface area contributed by atoms with Crippen molar-refractivity contribution in [2.75, 3.05) is 18.4 Å². The van der Waals surface area contributed by atoms with Gasteiger partial charge in [-0.1, -0.05) is 35.0 Å². The highest BCUT2D eigenvalue weighted by Gasteiger charge is 2.30. The maximum absolute atomic E-state index is 12.5. The summed E-state index contributed by atoms with van der Waals surface area (Å²) in [4.78, 5) is 17.8. The summed E-state index contributed by atoms with van der Waals surface area (Å²) in [6.45, 7) is 3.50. The minimum Gasteiger partial charge on any atom is -0.333 e. The van der Waals surface area contributed by atoms with Gasteiger partial charge < -0.3 is 14.7 Å². The molecule has 150 valence electrons. The van der Waals surface area contributed by atoms with Crippen molar-refractivity contribution in [3.05, 3.63) is 65.5 Å². The molecular formula is C21H20F2N4O2. The van der Waals surface area contributed by atoms with Gasteiger partial charge in [-0.3, -0.25) is 0 Å². The van der Waals surface area contributed by atoms with Gasteiger partial charge in [-0.15, -0.1) is 0 Å². The number of carbonyl (C=O) groups excluding carboxylic acids is 1. The van der Waals surface area contributed by atoms with Crippen molar-refractivity contribution in [1.29, 1.82) is 0 Å². The Kier molecular flexibility index (Phi) is 5.24. The van der Waals surface area contributed by atoms with Crippen LogP contribution in [0.25, 0.3) is 11.4 Å². The lowest BCUT2D eigenvalue weighted by molar-refractivity contribution is 0.106. The molecule has 0 unspecified atom stereocenters. The SMILES string of the molecule is Cc1ccc(CC2CN(C(=O)Nc3ccc(-c4noc(C(F)F)n4)cc3)C2)cc1. The number of aromatic nitrogens is 2. The molecule has 0 bridgehead atoms. The van der Waals surface area contributed by atoms with E-state index < -0.39 is 12.3 Å². The van der Waals surface area contributed by atoms with Crippen molar-refractivity contribution in [2.24, 2.45) is 5.92 Å². The Morgan fingerprint density at radius 2 is 1.86 bits per heavy atom. The topological polar surface area (TPSA) is 71.3 Å². The van der Waals surface area contributed by atoms with Crippen LogP contribution in [0.3, 0.4) is 0 Å². The van der Waals surface area contributed by atoms with Crippen molar-refractivity contribution >= 4 is 11.7 Å². The molecule has 1 saturated heterocycles. The zero-order valence-corrected chi connectivity index (χ0v) is 15.8. The van der Waals surface area contributed by atoms with Crippen LogP contribution < -0.4 is 5.32 Å². The molecule has 0 spiro atoms. The Hall–Kier alpha value is -3.29. The molecule has 3 aromatic rings. The standard InChI is InChI=1S/C21H20F2N4O2/c1-13-2-4-14(5-3-13)10-15-11-27(12-15)21(28)24-17-8-6-16(7-9-17)19-25-20(18(22)23)29-26-19/h2-9,15,18H,10-12H2,1H3,(H,24,28). The number of likely N-dealkylation sites (tertiary alicyclic amines) is 1. The maximum Gasteiger partial charge on any atom is 0.321 e. The number of anilines is 1. The van der Waals surface area contributed by atoms with Crippen LogP contribution in [0, 0.1) is 12.8 Å². The van der Waals surface area contributed by atoms with Crippen LogP contribution in [0.1, 0.15) is 23.4 Å². The van der Waals surface area contributed by atoms with Crippen LogP contribution in [0.4, 0.5) is 19.3 Å². The molecule has 0 aliphatic carbocycles. The van der Waals surface area contributed by atoms with Crippen LogP contribution in [0.5, 0.6) is 0 Å². The third-order valence-electron chi connectivity index (χ3n) is 4.91. The molecule has 1 N–H and O–H groups in total. The largest absolute Gasteiger partial charge is 0.333 e. The van der Waals surface area contributed by atoms with Crippen molar-refractivity contribution in [3.63, 3.8) is 0 Å². The minimum absolute atomic E-state index is 0.0832. The molecule has 1 fully saturated rings. The Morgan fingerprint density at radius 3 is 2.48 bits per heavy atom. The second-order valence-electron chi connectivity index (χ2n) is 7.23. The zero-order chi connectivity index (χ0) is 20.4. The van der Waals surface area contributed by atoms with Crippen molar-refractivity contribution in [2.45, 2.75) is 19.8 Å². The summed E-state index contributed by atoms with van der Waals surface area (Å²) in [5, 5.41) is 6.38. The molecule has 1 aliphatic rings. The highest BCUT2D eigenvalue weighted by molar-refractivity contribution is 5.90. The van der Waals surface area contributed by atoms with E-state index in [-0.39, 0.29) is 11.9 Å². The summed E-state index contributed by atoms with van der Waals surface area (Å²) < 4.78 is 29.6. The predicted molar refractivity (Wildman–Crippen MR) is 104 cm³/mol. The molecule has 0 radical (unpaired) electrons. The van der Waals surface area contributed by atoms with Gasteiger partial charge in [0.2, 0.25) is 5.82 Å².